The van der Waals surface area contributed by atoms with Gasteiger partial charge in [0.05, 0.1) is 5.75 Å². The molecule has 0 aliphatic heterocycles. The fraction of sp³-hybridized carbons (Fsp3) is 0.308. The number of rotatable bonds is 6. The molecule has 1 N–H and O–H groups in total. The Kier molecular flexibility index (Phi) is 5.08. The number of aromatic nitrogens is 3. The maximum atomic E-state index is 10.7. The van der Waals surface area contributed by atoms with Crippen molar-refractivity contribution in [2.24, 2.45) is 0 Å². The average molecular weight is 309 g/mol. The van der Waals surface area contributed by atoms with Crippen LogP contribution in [0.4, 0.5) is 0 Å². The number of thioether (sulfide) groups is 2. The normalized spacial score (nSPS) is 10.7. The highest BCUT2D eigenvalue weighted by Crippen LogP contribution is 2.30. The molecule has 0 bridgehead atoms. The molecule has 106 valence electrons. The van der Waals surface area contributed by atoms with E-state index in [0.29, 0.717) is 11.7 Å². The van der Waals surface area contributed by atoms with Crippen LogP contribution in [0.1, 0.15) is 6.92 Å². The van der Waals surface area contributed by atoms with E-state index in [-0.39, 0.29) is 5.75 Å². The van der Waals surface area contributed by atoms with Crippen LogP contribution in [0.5, 0.6) is 0 Å². The quantitative estimate of drug-likeness (QED) is 0.828. The van der Waals surface area contributed by atoms with Gasteiger partial charge in [0, 0.05) is 17.0 Å². The van der Waals surface area contributed by atoms with Gasteiger partial charge in [0.2, 0.25) is 0 Å². The molecule has 7 heteroatoms. The number of carboxylic acids is 1. The van der Waals surface area contributed by atoms with Gasteiger partial charge in [0.15, 0.2) is 11.0 Å². The number of nitrogens with zero attached hydrogens (tertiary/aromatic N) is 3. The van der Waals surface area contributed by atoms with Gasteiger partial charge in [-0.05, 0) is 19.2 Å². The van der Waals surface area contributed by atoms with Gasteiger partial charge in [-0.3, -0.25) is 4.79 Å². The Morgan fingerprint density at radius 2 is 2.10 bits per heavy atom. The molecule has 0 saturated heterocycles. The topological polar surface area (TPSA) is 68.0 Å². The first kappa shape index (κ1) is 14.9. The van der Waals surface area contributed by atoms with Crippen LogP contribution in [-0.4, -0.2) is 37.8 Å². The van der Waals surface area contributed by atoms with Gasteiger partial charge in [-0.2, -0.15) is 0 Å². The highest BCUT2D eigenvalue weighted by Gasteiger charge is 2.16. The smallest absolute Gasteiger partial charge is 0.313 e. The molecule has 20 heavy (non-hydrogen) atoms. The van der Waals surface area contributed by atoms with Gasteiger partial charge < -0.3 is 9.67 Å². The van der Waals surface area contributed by atoms with Crippen LogP contribution in [0.25, 0.3) is 11.4 Å². The molecular weight excluding hydrogens is 294 g/mol. The Hall–Kier alpha value is -1.47. The van der Waals surface area contributed by atoms with E-state index in [9.17, 15) is 4.79 Å². The Morgan fingerprint density at radius 3 is 2.75 bits per heavy atom. The second kappa shape index (κ2) is 6.81. The Bertz CT molecular complexity index is 613. The third-order valence-electron chi connectivity index (χ3n) is 2.71. The molecule has 0 radical (unpaired) electrons. The Balaban J connectivity index is 2.39. The van der Waals surface area contributed by atoms with Gasteiger partial charge in [-0.25, -0.2) is 0 Å². The summed E-state index contributed by atoms with van der Waals surface area (Å²) in [6.07, 6.45) is 2.02. The number of carbonyl (C=O) groups is 1. The molecule has 2 rings (SSSR count). The van der Waals surface area contributed by atoms with Crippen molar-refractivity contribution in [3.05, 3.63) is 24.3 Å². The van der Waals surface area contributed by atoms with Crippen LogP contribution in [0, 0.1) is 0 Å². The lowest BCUT2D eigenvalue weighted by molar-refractivity contribution is -0.133. The van der Waals surface area contributed by atoms with Crippen LogP contribution in [0.15, 0.2) is 34.3 Å². The Labute approximate surface area is 125 Å². The molecule has 0 unspecified atom stereocenters. The molecule has 1 aromatic carbocycles. The fourth-order valence-corrected chi connectivity index (χ4v) is 3.15. The van der Waals surface area contributed by atoms with Crippen molar-refractivity contribution >= 4 is 29.5 Å². The van der Waals surface area contributed by atoms with E-state index in [4.69, 9.17) is 5.11 Å². The minimum Gasteiger partial charge on any atom is -0.481 e. The molecule has 0 fully saturated rings. The zero-order valence-corrected chi connectivity index (χ0v) is 12.9. The molecule has 0 aliphatic rings. The summed E-state index contributed by atoms with van der Waals surface area (Å²) in [6, 6.07) is 8.00. The second-order valence-electron chi connectivity index (χ2n) is 3.93. The summed E-state index contributed by atoms with van der Waals surface area (Å²) in [6.45, 7) is 2.70. The number of benzene rings is 1. The van der Waals surface area contributed by atoms with Gasteiger partial charge in [-0.1, -0.05) is 30.0 Å². The van der Waals surface area contributed by atoms with Crippen molar-refractivity contribution in [2.75, 3.05) is 12.0 Å². The zero-order valence-electron chi connectivity index (χ0n) is 11.2. The second-order valence-corrected chi connectivity index (χ2v) is 5.72. The number of hydrogen-bond acceptors (Lipinski definition) is 5. The molecule has 0 saturated carbocycles. The molecule has 5 nitrogen and oxygen atoms in total. The Morgan fingerprint density at radius 1 is 1.35 bits per heavy atom. The SMILES string of the molecule is CCn1c(SCC(=O)O)nnc1-c1ccccc1SC. The van der Waals surface area contributed by atoms with E-state index in [2.05, 4.69) is 10.2 Å². The first-order valence-electron chi connectivity index (χ1n) is 6.08. The van der Waals surface area contributed by atoms with Gasteiger partial charge in [0.25, 0.3) is 0 Å². The minimum atomic E-state index is -0.855. The van der Waals surface area contributed by atoms with Gasteiger partial charge in [-0.15, -0.1) is 22.0 Å². The van der Waals surface area contributed by atoms with Crippen LogP contribution >= 0.6 is 23.5 Å². The lowest BCUT2D eigenvalue weighted by Gasteiger charge is -2.09. The van der Waals surface area contributed by atoms with Crippen LogP contribution < -0.4 is 0 Å². The van der Waals surface area contributed by atoms with E-state index < -0.39 is 5.97 Å². The number of carboxylic acid groups (broad SMARTS) is 1. The summed E-state index contributed by atoms with van der Waals surface area (Å²) in [7, 11) is 0. The molecular formula is C13H15N3O2S2. The summed E-state index contributed by atoms with van der Waals surface area (Å²) in [4.78, 5) is 11.8. The third kappa shape index (κ3) is 3.16. The van der Waals surface area contributed by atoms with Crippen LogP contribution in [0.3, 0.4) is 0 Å². The summed E-state index contributed by atoms with van der Waals surface area (Å²) in [5.41, 5.74) is 1.02. The molecule has 0 aliphatic carbocycles. The van der Waals surface area contributed by atoms with Crippen molar-refractivity contribution < 1.29 is 9.90 Å². The molecule has 0 spiro atoms. The first-order chi connectivity index (χ1) is 9.67. The summed E-state index contributed by atoms with van der Waals surface area (Å²) >= 11 is 2.85. The van der Waals surface area contributed by atoms with Gasteiger partial charge in [0.1, 0.15) is 0 Å². The van der Waals surface area contributed by atoms with Crippen molar-refractivity contribution in [1.29, 1.82) is 0 Å². The molecule has 1 aromatic heterocycles. The monoisotopic (exact) mass is 309 g/mol. The van der Waals surface area contributed by atoms with E-state index >= 15 is 0 Å². The maximum absolute atomic E-state index is 10.7. The zero-order chi connectivity index (χ0) is 14.5. The standard InChI is InChI=1S/C13H15N3O2S2/c1-3-16-12(9-6-4-5-7-10(9)19-2)14-15-13(16)20-8-11(17)18/h4-7H,3,8H2,1-2H3,(H,17,18). The van der Waals surface area contributed by atoms with E-state index in [0.717, 1.165) is 16.3 Å². The van der Waals surface area contributed by atoms with Crippen molar-refractivity contribution in [3.63, 3.8) is 0 Å². The maximum Gasteiger partial charge on any atom is 0.313 e. The third-order valence-corrected chi connectivity index (χ3v) is 4.45. The predicted octanol–water partition coefficient (Wildman–Crippen LogP) is 2.86. The predicted molar refractivity (Wildman–Crippen MR) is 81.3 cm³/mol. The van der Waals surface area contributed by atoms with Crippen molar-refractivity contribution in [2.45, 2.75) is 23.5 Å². The highest BCUT2D eigenvalue weighted by molar-refractivity contribution is 7.99. The largest absolute Gasteiger partial charge is 0.481 e. The summed E-state index contributed by atoms with van der Waals surface area (Å²) in [5.74, 6) is -0.0838. The van der Waals surface area contributed by atoms with Crippen molar-refractivity contribution in [3.8, 4) is 11.4 Å². The number of aliphatic carboxylic acids is 1. The van der Waals surface area contributed by atoms with E-state index in [1.165, 1.54) is 11.8 Å². The number of hydrogen-bond donors (Lipinski definition) is 1. The minimum absolute atomic E-state index is 0.0116. The highest BCUT2D eigenvalue weighted by atomic mass is 32.2. The van der Waals surface area contributed by atoms with Crippen molar-refractivity contribution in [1.82, 2.24) is 14.8 Å². The van der Waals surface area contributed by atoms with Crippen LogP contribution in [0.2, 0.25) is 0 Å². The van der Waals surface area contributed by atoms with E-state index in [1.54, 1.807) is 11.8 Å². The lowest BCUT2D eigenvalue weighted by atomic mass is 10.2. The molecule has 0 atom stereocenters. The molecule has 0 amide bonds. The molecule has 2 aromatic rings. The average Bonchev–Trinajstić information content (AvgIpc) is 2.87. The first-order valence-corrected chi connectivity index (χ1v) is 8.29. The summed E-state index contributed by atoms with van der Waals surface area (Å²) in [5, 5.41) is 17.7. The van der Waals surface area contributed by atoms with Crippen LogP contribution in [-0.2, 0) is 11.3 Å². The van der Waals surface area contributed by atoms with Gasteiger partial charge >= 0.3 is 5.97 Å². The fourth-order valence-electron chi connectivity index (χ4n) is 1.84. The summed E-state index contributed by atoms with van der Waals surface area (Å²) < 4.78 is 1.95. The lowest BCUT2D eigenvalue weighted by Crippen LogP contribution is -2.03. The van der Waals surface area contributed by atoms with E-state index in [1.807, 2.05) is 42.0 Å². The molecule has 1 heterocycles.